The highest BCUT2D eigenvalue weighted by molar-refractivity contribution is 9.10. The molecule has 0 saturated carbocycles. The van der Waals surface area contributed by atoms with E-state index in [1.165, 1.54) is 0 Å². The quantitative estimate of drug-likeness (QED) is 0.853. The van der Waals surface area contributed by atoms with E-state index in [1.54, 1.807) is 4.90 Å². The van der Waals surface area contributed by atoms with Crippen LogP contribution in [0.4, 0.5) is 0 Å². The number of halogens is 1. The number of rotatable bonds is 3. The minimum atomic E-state index is -0.271. The number of aryl methyl sites for hydroxylation is 1. The summed E-state index contributed by atoms with van der Waals surface area (Å²) in [6, 6.07) is 7.44. The number of likely N-dealkylation sites (tertiary alicyclic amines) is 1. The molecule has 1 aromatic heterocycles. The summed E-state index contributed by atoms with van der Waals surface area (Å²) in [4.78, 5) is 25.6. The summed E-state index contributed by atoms with van der Waals surface area (Å²) in [6.07, 6.45) is 1.28. The van der Waals surface area contributed by atoms with Crippen molar-refractivity contribution in [3.8, 4) is 5.69 Å². The molecular weight excluding hydrogens is 384 g/mol. The first-order chi connectivity index (χ1) is 11.9. The van der Waals surface area contributed by atoms with E-state index in [0.29, 0.717) is 31.5 Å². The van der Waals surface area contributed by atoms with E-state index >= 15 is 0 Å². The molecule has 0 aliphatic carbocycles. The van der Waals surface area contributed by atoms with E-state index in [4.69, 9.17) is 5.73 Å². The Morgan fingerprint density at radius 2 is 1.76 bits per heavy atom. The van der Waals surface area contributed by atoms with Crippen LogP contribution in [0.3, 0.4) is 0 Å². The summed E-state index contributed by atoms with van der Waals surface area (Å²) in [7, 11) is 0. The Kier molecular flexibility index (Phi) is 4.94. The fourth-order valence-corrected chi connectivity index (χ4v) is 3.42. The Balaban J connectivity index is 1.73. The Morgan fingerprint density at radius 3 is 2.24 bits per heavy atom. The Labute approximate surface area is 155 Å². The average Bonchev–Trinajstić information content (AvgIpc) is 2.89. The minimum absolute atomic E-state index is 0.0102. The fraction of sp³-hybridized carbons (Fsp3) is 0.389. The van der Waals surface area contributed by atoms with Gasteiger partial charge >= 0.3 is 0 Å². The van der Waals surface area contributed by atoms with Gasteiger partial charge in [-0.15, -0.1) is 0 Å². The number of nitrogens with zero attached hydrogens (tertiary/aromatic N) is 3. The van der Waals surface area contributed by atoms with E-state index < -0.39 is 0 Å². The molecule has 2 heterocycles. The molecule has 6 nitrogen and oxygen atoms in total. The molecule has 132 valence electrons. The first-order valence-corrected chi connectivity index (χ1v) is 9.08. The molecule has 0 radical (unpaired) electrons. The maximum Gasteiger partial charge on any atom is 0.253 e. The summed E-state index contributed by atoms with van der Waals surface area (Å²) in [5, 5.41) is 4.50. The lowest BCUT2D eigenvalue weighted by Crippen LogP contribution is -2.41. The molecule has 0 spiro atoms. The fourth-order valence-electron chi connectivity index (χ4n) is 3.17. The third kappa shape index (κ3) is 3.46. The third-order valence-electron chi connectivity index (χ3n) is 4.75. The molecule has 2 aromatic rings. The number of carbonyl (C=O) groups is 2. The zero-order valence-electron chi connectivity index (χ0n) is 14.3. The summed E-state index contributed by atoms with van der Waals surface area (Å²) in [6.45, 7) is 5.07. The van der Waals surface area contributed by atoms with Crippen LogP contribution < -0.4 is 5.73 Å². The van der Waals surface area contributed by atoms with E-state index in [2.05, 4.69) is 21.0 Å². The predicted molar refractivity (Wildman–Crippen MR) is 98.6 cm³/mol. The highest BCUT2D eigenvalue weighted by Crippen LogP contribution is 2.24. The molecule has 0 unspecified atom stereocenters. The molecule has 7 heteroatoms. The summed E-state index contributed by atoms with van der Waals surface area (Å²) >= 11 is 3.52. The average molecular weight is 405 g/mol. The first kappa shape index (κ1) is 17.7. The molecule has 0 bridgehead atoms. The van der Waals surface area contributed by atoms with E-state index in [-0.39, 0.29) is 17.7 Å². The van der Waals surface area contributed by atoms with E-state index in [0.717, 1.165) is 21.5 Å². The van der Waals surface area contributed by atoms with Crippen molar-refractivity contribution >= 4 is 27.7 Å². The van der Waals surface area contributed by atoms with Gasteiger partial charge in [-0.1, -0.05) is 0 Å². The second-order valence-electron chi connectivity index (χ2n) is 6.41. The minimum Gasteiger partial charge on any atom is -0.369 e. The van der Waals surface area contributed by atoms with Gasteiger partial charge in [0.25, 0.3) is 5.91 Å². The summed E-state index contributed by atoms with van der Waals surface area (Å²) < 4.78 is 2.84. The molecule has 2 N–H and O–H groups in total. The lowest BCUT2D eigenvalue weighted by molar-refractivity contribution is -0.123. The highest BCUT2D eigenvalue weighted by atomic mass is 79.9. The number of amides is 2. The van der Waals surface area contributed by atoms with Gasteiger partial charge in [0.2, 0.25) is 5.91 Å². The van der Waals surface area contributed by atoms with Crippen LogP contribution in [-0.4, -0.2) is 39.6 Å². The number of primary amides is 1. The second-order valence-corrected chi connectivity index (χ2v) is 7.21. The molecule has 3 rings (SSSR count). The number of carbonyl (C=O) groups excluding carboxylic acids is 2. The van der Waals surface area contributed by atoms with Crippen molar-refractivity contribution < 1.29 is 9.59 Å². The molecule has 0 atom stereocenters. The van der Waals surface area contributed by atoms with Crippen LogP contribution in [0.2, 0.25) is 0 Å². The number of piperidine rings is 1. The van der Waals surface area contributed by atoms with Gasteiger partial charge in [-0.05, 0) is 66.9 Å². The zero-order valence-corrected chi connectivity index (χ0v) is 15.9. The topological polar surface area (TPSA) is 81.2 Å². The number of benzene rings is 1. The number of nitrogens with two attached hydrogens (primary N) is 1. The summed E-state index contributed by atoms with van der Waals surface area (Å²) in [5.41, 5.74) is 8.84. The molecule has 1 aliphatic heterocycles. The monoisotopic (exact) mass is 404 g/mol. The van der Waals surface area contributed by atoms with E-state index in [1.807, 2.05) is 42.8 Å². The van der Waals surface area contributed by atoms with Crippen molar-refractivity contribution in [2.24, 2.45) is 11.7 Å². The van der Waals surface area contributed by atoms with Crippen LogP contribution in [0, 0.1) is 19.8 Å². The van der Waals surface area contributed by atoms with Gasteiger partial charge in [-0.2, -0.15) is 5.10 Å². The van der Waals surface area contributed by atoms with Gasteiger partial charge < -0.3 is 10.6 Å². The van der Waals surface area contributed by atoms with Gasteiger partial charge in [-0.3, -0.25) is 9.59 Å². The molecule has 1 aliphatic rings. The van der Waals surface area contributed by atoms with Crippen molar-refractivity contribution in [1.82, 2.24) is 14.7 Å². The molecule has 1 saturated heterocycles. The Hall–Kier alpha value is -2.15. The number of aromatic nitrogens is 2. The van der Waals surface area contributed by atoms with Gasteiger partial charge in [0, 0.05) is 24.6 Å². The van der Waals surface area contributed by atoms with Gasteiger partial charge in [0.05, 0.1) is 21.5 Å². The van der Waals surface area contributed by atoms with Crippen LogP contribution >= 0.6 is 15.9 Å². The maximum absolute atomic E-state index is 12.6. The van der Waals surface area contributed by atoms with Crippen molar-refractivity contribution in [2.45, 2.75) is 26.7 Å². The normalized spacial score (nSPS) is 15.4. The predicted octanol–water partition coefficient (Wildman–Crippen LogP) is 2.59. The SMILES string of the molecule is Cc1nn(-c2ccc(C(=O)N3CCC(C(N)=O)CC3)cc2)c(C)c1Br. The van der Waals surface area contributed by atoms with Gasteiger partial charge in [0.15, 0.2) is 0 Å². The van der Waals surface area contributed by atoms with Crippen LogP contribution in [-0.2, 0) is 4.79 Å². The zero-order chi connectivity index (χ0) is 18.1. The second kappa shape index (κ2) is 7.00. The molecule has 1 fully saturated rings. The standard InChI is InChI=1S/C18H21BrN4O2/c1-11-16(19)12(2)23(21-11)15-5-3-14(4-6-15)18(25)22-9-7-13(8-10-22)17(20)24/h3-6,13H,7-10H2,1-2H3,(H2,20,24). The molecule has 25 heavy (non-hydrogen) atoms. The van der Waals surface area contributed by atoms with Crippen molar-refractivity contribution in [1.29, 1.82) is 0 Å². The lowest BCUT2D eigenvalue weighted by atomic mass is 9.96. The molecule has 2 amide bonds. The highest BCUT2D eigenvalue weighted by Gasteiger charge is 2.26. The lowest BCUT2D eigenvalue weighted by Gasteiger charge is -2.30. The largest absolute Gasteiger partial charge is 0.369 e. The van der Waals surface area contributed by atoms with Gasteiger partial charge in [0.1, 0.15) is 0 Å². The number of hydrogen-bond acceptors (Lipinski definition) is 3. The van der Waals surface area contributed by atoms with Crippen LogP contribution in [0.5, 0.6) is 0 Å². The first-order valence-electron chi connectivity index (χ1n) is 8.29. The Bertz CT molecular complexity index is 805. The Morgan fingerprint density at radius 1 is 1.16 bits per heavy atom. The third-order valence-corrected chi connectivity index (χ3v) is 5.89. The summed E-state index contributed by atoms with van der Waals surface area (Å²) in [5.74, 6) is -0.396. The molecule has 1 aromatic carbocycles. The number of hydrogen-bond donors (Lipinski definition) is 1. The van der Waals surface area contributed by atoms with Crippen LogP contribution in [0.1, 0.15) is 34.6 Å². The van der Waals surface area contributed by atoms with Gasteiger partial charge in [-0.25, -0.2) is 4.68 Å². The van der Waals surface area contributed by atoms with Crippen LogP contribution in [0.15, 0.2) is 28.7 Å². The van der Waals surface area contributed by atoms with Crippen LogP contribution in [0.25, 0.3) is 5.69 Å². The molecular formula is C18H21BrN4O2. The van der Waals surface area contributed by atoms with Crippen molar-refractivity contribution in [2.75, 3.05) is 13.1 Å². The van der Waals surface area contributed by atoms with Crippen molar-refractivity contribution in [3.05, 3.63) is 45.7 Å². The van der Waals surface area contributed by atoms with Crippen molar-refractivity contribution in [3.63, 3.8) is 0 Å². The maximum atomic E-state index is 12.6. The smallest absolute Gasteiger partial charge is 0.253 e. The van der Waals surface area contributed by atoms with E-state index in [9.17, 15) is 9.59 Å².